The molecule has 3 atom stereocenters. The summed E-state index contributed by atoms with van der Waals surface area (Å²) in [7, 11) is 2.05. The quantitative estimate of drug-likeness (QED) is 0.499. The van der Waals surface area contributed by atoms with Crippen molar-refractivity contribution < 1.29 is 14.3 Å². The van der Waals surface area contributed by atoms with Gasteiger partial charge in [-0.2, -0.15) is 0 Å². The van der Waals surface area contributed by atoms with Gasteiger partial charge in [0.1, 0.15) is 6.17 Å². The van der Waals surface area contributed by atoms with Crippen molar-refractivity contribution in [3.05, 3.63) is 47.9 Å². The fourth-order valence-corrected chi connectivity index (χ4v) is 5.38. The normalized spacial score (nSPS) is 20.4. The molecule has 35 heavy (non-hydrogen) atoms. The van der Waals surface area contributed by atoms with Gasteiger partial charge in [-0.25, -0.2) is 4.79 Å². The van der Waals surface area contributed by atoms with E-state index in [-0.39, 0.29) is 17.9 Å². The number of fused-ring (bicyclic) bond motifs is 3. The number of carbonyl (C=O) groups is 2. The van der Waals surface area contributed by atoms with Gasteiger partial charge in [0.25, 0.3) is 0 Å². The summed E-state index contributed by atoms with van der Waals surface area (Å²) in [6, 6.07) is 8.16. The summed E-state index contributed by atoms with van der Waals surface area (Å²) in [4.78, 5) is 29.9. The lowest BCUT2D eigenvalue weighted by molar-refractivity contribution is -0.0124. The first-order valence-electron chi connectivity index (χ1n) is 12.9. The standard InChI is InChI=1S/C27H39N5O3/c1-19-31(16-17-32(19)20(2)35-27(34)29-15-9-5-4-8-14-28)18-21-12-13-24-25(26(21)33)22-10-6-7-11-23(22)30(24)3/h6-7,10-11,16-17,19-21H,4-5,8-9,12-15,18,28H2,1-3H3,(H,29,34). The average Bonchev–Trinajstić information content (AvgIpc) is 3.35. The lowest BCUT2D eigenvalue weighted by Crippen LogP contribution is -2.46. The molecular weight excluding hydrogens is 442 g/mol. The van der Waals surface area contributed by atoms with Gasteiger partial charge >= 0.3 is 6.09 Å². The van der Waals surface area contributed by atoms with E-state index in [4.69, 9.17) is 10.5 Å². The highest BCUT2D eigenvalue weighted by atomic mass is 16.6. The van der Waals surface area contributed by atoms with Gasteiger partial charge in [0, 0.05) is 60.6 Å². The first-order valence-corrected chi connectivity index (χ1v) is 12.9. The predicted octanol–water partition coefficient (Wildman–Crippen LogP) is 3.95. The molecule has 1 aromatic carbocycles. The van der Waals surface area contributed by atoms with Gasteiger partial charge in [-0.05, 0) is 52.1 Å². The van der Waals surface area contributed by atoms with E-state index in [1.54, 1.807) is 0 Å². The number of ether oxygens (including phenoxy) is 1. The second-order valence-corrected chi connectivity index (χ2v) is 9.71. The van der Waals surface area contributed by atoms with Crippen LogP contribution < -0.4 is 11.1 Å². The third kappa shape index (κ3) is 5.32. The second-order valence-electron chi connectivity index (χ2n) is 9.71. The van der Waals surface area contributed by atoms with Crippen molar-refractivity contribution in [2.24, 2.45) is 18.7 Å². The molecular formula is C27H39N5O3. The molecule has 4 rings (SSSR count). The van der Waals surface area contributed by atoms with Crippen LogP contribution in [0.25, 0.3) is 10.9 Å². The number of hydrogen-bond donors (Lipinski definition) is 2. The largest absolute Gasteiger partial charge is 0.426 e. The Labute approximate surface area is 208 Å². The molecule has 1 aliphatic heterocycles. The molecule has 3 N–H and O–H groups in total. The van der Waals surface area contributed by atoms with Crippen molar-refractivity contribution in [3.8, 4) is 0 Å². The first-order chi connectivity index (χ1) is 16.9. The number of aryl methyl sites for hydroxylation is 1. The van der Waals surface area contributed by atoms with Crippen LogP contribution in [0.5, 0.6) is 0 Å². The van der Waals surface area contributed by atoms with Crippen LogP contribution in [-0.2, 0) is 18.2 Å². The van der Waals surface area contributed by atoms with E-state index in [1.807, 2.05) is 36.4 Å². The van der Waals surface area contributed by atoms with Gasteiger partial charge < -0.3 is 30.2 Å². The van der Waals surface area contributed by atoms with Gasteiger partial charge in [0.2, 0.25) is 0 Å². The Morgan fingerprint density at radius 1 is 1.20 bits per heavy atom. The van der Waals surface area contributed by atoms with Crippen molar-refractivity contribution >= 4 is 22.8 Å². The highest BCUT2D eigenvalue weighted by Gasteiger charge is 2.35. The molecule has 0 radical (unpaired) electrons. The third-order valence-corrected chi connectivity index (χ3v) is 7.45. The molecule has 2 aromatic rings. The van der Waals surface area contributed by atoms with Crippen LogP contribution in [-0.4, -0.2) is 58.3 Å². The minimum absolute atomic E-state index is 0.00391. The molecule has 8 heteroatoms. The summed E-state index contributed by atoms with van der Waals surface area (Å²) in [6.07, 6.45) is 8.96. The highest BCUT2D eigenvalue weighted by Crippen LogP contribution is 2.35. The van der Waals surface area contributed by atoms with Crippen LogP contribution in [0.15, 0.2) is 36.7 Å². The van der Waals surface area contributed by atoms with Crippen molar-refractivity contribution in [3.63, 3.8) is 0 Å². The lowest BCUT2D eigenvalue weighted by Gasteiger charge is -2.35. The van der Waals surface area contributed by atoms with E-state index in [2.05, 4.69) is 40.9 Å². The molecule has 3 unspecified atom stereocenters. The Hall–Kier alpha value is -3.00. The molecule has 1 aromatic heterocycles. The SMILES string of the molecule is CC(OC(=O)NCCCCCCN)N1C=CN(CC2CCc3c(c4ccccc4n3C)C2=O)C1C. The summed E-state index contributed by atoms with van der Waals surface area (Å²) in [5.41, 5.74) is 8.66. The summed E-state index contributed by atoms with van der Waals surface area (Å²) >= 11 is 0. The van der Waals surface area contributed by atoms with E-state index in [9.17, 15) is 9.59 Å². The van der Waals surface area contributed by atoms with E-state index < -0.39 is 12.3 Å². The van der Waals surface area contributed by atoms with Crippen LogP contribution in [0.3, 0.4) is 0 Å². The van der Waals surface area contributed by atoms with Crippen molar-refractivity contribution in [1.82, 2.24) is 19.7 Å². The molecule has 0 saturated carbocycles. The van der Waals surface area contributed by atoms with E-state index >= 15 is 0 Å². The Kier molecular flexibility index (Phi) is 8.00. The van der Waals surface area contributed by atoms with Crippen LogP contribution in [0.4, 0.5) is 4.79 Å². The zero-order chi connectivity index (χ0) is 24.9. The van der Waals surface area contributed by atoms with Crippen LogP contribution in [0.1, 0.15) is 62.0 Å². The fourth-order valence-electron chi connectivity index (χ4n) is 5.38. The molecule has 0 fully saturated rings. The predicted molar refractivity (Wildman–Crippen MR) is 138 cm³/mol. The minimum atomic E-state index is -0.407. The maximum absolute atomic E-state index is 13.5. The first kappa shape index (κ1) is 25.1. The number of benzene rings is 1. The number of ketones is 1. The number of amides is 1. The van der Waals surface area contributed by atoms with Gasteiger partial charge in [-0.1, -0.05) is 31.0 Å². The molecule has 190 valence electrons. The maximum atomic E-state index is 13.5. The smallest absolute Gasteiger partial charge is 0.409 e. The van der Waals surface area contributed by atoms with Crippen LogP contribution >= 0.6 is 0 Å². The van der Waals surface area contributed by atoms with Crippen molar-refractivity contribution in [2.75, 3.05) is 19.6 Å². The highest BCUT2D eigenvalue weighted by molar-refractivity contribution is 6.11. The molecule has 0 spiro atoms. The molecule has 0 saturated heterocycles. The van der Waals surface area contributed by atoms with E-state index in [0.29, 0.717) is 19.6 Å². The molecule has 0 bridgehead atoms. The van der Waals surface area contributed by atoms with Gasteiger partial charge in [-0.3, -0.25) is 4.79 Å². The summed E-state index contributed by atoms with van der Waals surface area (Å²) in [5, 5.41) is 3.89. The van der Waals surface area contributed by atoms with Gasteiger partial charge in [0.15, 0.2) is 12.0 Å². The minimum Gasteiger partial charge on any atom is -0.426 e. The zero-order valence-corrected chi connectivity index (χ0v) is 21.2. The molecule has 8 nitrogen and oxygen atoms in total. The number of nitrogens with zero attached hydrogens (tertiary/aromatic N) is 3. The number of unbranched alkanes of at least 4 members (excludes halogenated alkanes) is 3. The number of rotatable bonds is 10. The summed E-state index contributed by atoms with van der Waals surface area (Å²) < 4.78 is 7.77. The monoisotopic (exact) mass is 481 g/mol. The Balaban J connectivity index is 1.30. The van der Waals surface area contributed by atoms with E-state index in [1.165, 1.54) is 0 Å². The average molecular weight is 482 g/mol. The topological polar surface area (TPSA) is 92.8 Å². The molecule has 1 amide bonds. The maximum Gasteiger partial charge on any atom is 0.409 e. The lowest BCUT2D eigenvalue weighted by atomic mass is 9.84. The van der Waals surface area contributed by atoms with Crippen molar-refractivity contribution in [1.29, 1.82) is 0 Å². The second kappa shape index (κ2) is 11.2. The number of Topliss-reactive ketones (excluding diaryl/α,β-unsaturated/α-hetero) is 1. The molecule has 2 aliphatic rings. The number of hydrogen-bond acceptors (Lipinski definition) is 6. The number of alkyl carbamates (subject to hydrolysis) is 1. The Bertz CT molecular complexity index is 1080. The zero-order valence-electron chi connectivity index (χ0n) is 21.2. The number of aromatic nitrogens is 1. The number of nitrogens with one attached hydrogen (secondary N) is 1. The van der Waals surface area contributed by atoms with Crippen LogP contribution in [0.2, 0.25) is 0 Å². The Morgan fingerprint density at radius 3 is 2.77 bits per heavy atom. The number of carbonyl (C=O) groups excluding carboxylic acids is 2. The molecule has 1 aliphatic carbocycles. The third-order valence-electron chi connectivity index (χ3n) is 7.45. The van der Waals surface area contributed by atoms with Gasteiger partial charge in [-0.15, -0.1) is 0 Å². The number of nitrogens with two attached hydrogens (primary N) is 1. The fraction of sp³-hybridized carbons (Fsp3) is 0.556. The summed E-state index contributed by atoms with van der Waals surface area (Å²) in [5.74, 6) is 0.177. The van der Waals surface area contributed by atoms with Crippen LogP contribution in [0, 0.1) is 5.92 Å². The Morgan fingerprint density at radius 2 is 1.97 bits per heavy atom. The van der Waals surface area contributed by atoms with E-state index in [0.717, 1.165) is 60.7 Å². The molecule has 2 heterocycles. The summed E-state index contributed by atoms with van der Waals surface area (Å²) in [6.45, 7) is 5.92. The van der Waals surface area contributed by atoms with Crippen molar-refractivity contribution in [2.45, 2.75) is 64.8 Å². The van der Waals surface area contributed by atoms with Gasteiger partial charge in [0.05, 0.1) is 0 Å². The number of para-hydroxylation sites is 1.